The number of rotatable bonds is 3. The van der Waals surface area contributed by atoms with E-state index >= 15 is 0 Å². The van der Waals surface area contributed by atoms with Gasteiger partial charge in [-0.1, -0.05) is 43.6 Å². The van der Waals surface area contributed by atoms with Crippen LogP contribution in [0.4, 0.5) is 18.9 Å². The molecule has 2 atom stereocenters. The Hall–Kier alpha value is -0.880. The van der Waals surface area contributed by atoms with E-state index in [2.05, 4.69) is 24.2 Å². The van der Waals surface area contributed by atoms with Crippen molar-refractivity contribution < 1.29 is 13.2 Å². The molecule has 1 unspecified atom stereocenters. The first-order valence-corrected chi connectivity index (χ1v) is 8.02. The molecular weight excluding hydrogens is 321 g/mol. The lowest BCUT2D eigenvalue weighted by atomic mass is 10.0. The van der Waals surface area contributed by atoms with Gasteiger partial charge in [-0.2, -0.15) is 13.2 Å². The standard InChI is InChI=1S/C14H16ClF3N2S/c1-3-8(2)12-7-21-13(20-12)19-9-4-5-11(15)10(6-9)14(16,17)18/h4-6,8,12H,3,7H2,1-2H3,(H,19,20)/t8?,12-/m1/s1. The van der Waals surface area contributed by atoms with E-state index in [0.29, 0.717) is 17.1 Å². The third-order valence-corrected chi connectivity index (χ3v) is 4.86. The fourth-order valence-corrected chi connectivity index (χ4v) is 3.36. The van der Waals surface area contributed by atoms with Crippen molar-refractivity contribution in [3.8, 4) is 0 Å². The summed E-state index contributed by atoms with van der Waals surface area (Å²) >= 11 is 7.12. The van der Waals surface area contributed by atoms with E-state index in [1.54, 1.807) is 0 Å². The first kappa shape index (κ1) is 16.5. The van der Waals surface area contributed by atoms with Crippen LogP contribution < -0.4 is 5.32 Å². The van der Waals surface area contributed by atoms with Gasteiger partial charge in [-0.05, 0) is 24.1 Å². The highest BCUT2D eigenvalue weighted by atomic mass is 35.5. The van der Waals surface area contributed by atoms with Crippen molar-refractivity contribution >= 4 is 34.2 Å². The Kier molecular flexibility index (Phi) is 5.09. The minimum absolute atomic E-state index is 0.256. The van der Waals surface area contributed by atoms with Crippen LogP contribution in [-0.4, -0.2) is 17.0 Å². The predicted octanol–water partition coefficient (Wildman–Crippen LogP) is 5.10. The molecule has 2 nitrogen and oxygen atoms in total. The van der Waals surface area contributed by atoms with Gasteiger partial charge in [0.05, 0.1) is 16.3 Å². The molecule has 1 N–H and O–H groups in total. The Morgan fingerprint density at radius 3 is 2.81 bits per heavy atom. The molecule has 0 radical (unpaired) electrons. The van der Waals surface area contributed by atoms with Crippen molar-refractivity contribution in [2.24, 2.45) is 10.9 Å². The average molecular weight is 337 g/mol. The first-order valence-electron chi connectivity index (χ1n) is 6.66. The van der Waals surface area contributed by atoms with Gasteiger partial charge in [0.15, 0.2) is 5.17 Å². The highest BCUT2D eigenvalue weighted by molar-refractivity contribution is 8.14. The third kappa shape index (κ3) is 4.07. The van der Waals surface area contributed by atoms with E-state index in [-0.39, 0.29) is 10.7 Å². The Bertz CT molecular complexity index is 546. The van der Waals surface area contributed by atoms with Crippen molar-refractivity contribution in [1.29, 1.82) is 0 Å². The van der Waals surface area contributed by atoms with Gasteiger partial charge in [-0.15, -0.1) is 0 Å². The minimum atomic E-state index is -4.47. The highest BCUT2D eigenvalue weighted by Gasteiger charge is 2.33. The van der Waals surface area contributed by atoms with Crippen LogP contribution in [-0.2, 0) is 6.18 Å². The molecule has 1 heterocycles. The lowest BCUT2D eigenvalue weighted by Gasteiger charge is -2.16. The van der Waals surface area contributed by atoms with Gasteiger partial charge in [0.25, 0.3) is 0 Å². The Labute approximate surface area is 131 Å². The molecule has 7 heteroatoms. The number of hydrogen-bond acceptors (Lipinski definition) is 2. The summed E-state index contributed by atoms with van der Waals surface area (Å²) in [6.07, 6.45) is -3.42. The van der Waals surface area contributed by atoms with E-state index in [1.165, 1.54) is 23.9 Å². The van der Waals surface area contributed by atoms with Crippen molar-refractivity contribution in [2.45, 2.75) is 32.5 Å². The first-order chi connectivity index (χ1) is 9.81. The molecule has 1 saturated heterocycles. The van der Waals surface area contributed by atoms with Crippen LogP contribution in [0.5, 0.6) is 0 Å². The largest absolute Gasteiger partial charge is 0.417 e. The smallest absolute Gasteiger partial charge is 0.361 e. The van der Waals surface area contributed by atoms with E-state index in [0.717, 1.165) is 18.2 Å². The van der Waals surface area contributed by atoms with Gasteiger partial charge in [-0.25, -0.2) is 4.99 Å². The molecule has 0 spiro atoms. The average Bonchev–Trinajstić information content (AvgIpc) is 2.87. The van der Waals surface area contributed by atoms with E-state index in [4.69, 9.17) is 11.6 Å². The molecule has 116 valence electrons. The summed E-state index contributed by atoms with van der Waals surface area (Å²) in [6, 6.07) is 4.01. The number of alkyl halides is 3. The molecule has 21 heavy (non-hydrogen) atoms. The zero-order valence-electron chi connectivity index (χ0n) is 11.7. The minimum Gasteiger partial charge on any atom is -0.361 e. The summed E-state index contributed by atoms with van der Waals surface area (Å²) in [4.78, 5) is 4.25. The molecule has 0 amide bonds. The molecular formula is C14H16ClF3N2S. The van der Waals surface area contributed by atoms with Gasteiger partial charge in [0, 0.05) is 11.8 Å². The van der Waals surface area contributed by atoms with Gasteiger partial charge >= 0.3 is 6.18 Å². The number of hydrogen-bond donors (Lipinski definition) is 1. The number of halogens is 4. The number of nitrogens with zero attached hydrogens (tertiary/aromatic N) is 1. The molecule has 1 fully saturated rings. The Morgan fingerprint density at radius 2 is 2.19 bits per heavy atom. The quantitative estimate of drug-likeness (QED) is 0.830. The number of amidine groups is 1. The van der Waals surface area contributed by atoms with Crippen LogP contribution in [0, 0.1) is 5.92 Å². The zero-order chi connectivity index (χ0) is 15.6. The summed E-state index contributed by atoms with van der Waals surface area (Å²) in [5.41, 5.74) is -0.598. The fraction of sp³-hybridized carbons (Fsp3) is 0.500. The summed E-state index contributed by atoms with van der Waals surface area (Å²) < 4.78 is 38.4. The fourth-order valence-electron chi connectivity index (χ4n) is 1.98. The van der Waals surface area contributed by atoms with Gasteiger partial charge in [0.2, 0.25) is 0 Å². The molecule has 0 bridgehead atoms. The second kappa shape index (κ2) is 6.48. The normalized spacial score (nSPS) is 22.4. The molecule has 2 rings (SSSR count). The molecule has 1 aromatic rings. The summed E-state index contributed by atoms with van der Waals surface area (Å²) in [6.45, 7) is 4.26. The van der Waals surface area contributed by atoms with Crippen molar-refractivity contribution in [2.75, 3.05) is 5.75 Å². The van der Waals surface area contributed by atoms with Crippen LogP contribution >= 0.6 is 23.4 Å². The van der Waals surface area contributed by atoms with Crippen molar-refractivity contribution in [3.63, 3.8) is 0 Å². The van der Waals surface area contributed by atoms with E-state index in [9.17, 15) is 13.2 Å². The molecule has 0 saturated carbocycles. The lowest BCUT2D eigenvalue weighted by molar-refractivity contribution is -0.137. The summed E-state index contributed by atoms with van der Waals surface area (Å²) in [7, 11) is 0. The molecule has 1 aliphatic heterocycles. The lowest BCUT2D eigenvalue weighted by Crippen LogP contribution is -2.32. The SMILES string of the molecule is CCC(C)[C@H]1CSC(=Nc2ccc(Cl)c(C(F)(F)F)c2)N1. The van der Waals surface area contributed by atoms with E-state index in [1.807, 2.05) is 0 Å². The van der Waals surface area contributed by atoms with Gasteiger partial charge < -0.3 is 5.32 Å². The number of benzene rings is 1. The summed E-state index contributed by atoms with van der Waals surface area (Å²) in [5, 5.41) is 3.62. The highest BCUT2D eigenvalue weighted by Crippen LogP contribution is 2.37. The van der Waals surface area contributed by atoms with E-state index < -0.39 is 11.7 Å². The Morgan fingerprint density at radius 1 is 1.48 bits per heavy atom. The zero-order valence-corrected chi connectivity index (χ0v) is 13.2. The second-order valence-corrected chi connectivity index (χ2v) is 6.44. The second-order valence-electron chi connectivity index (χ2n) is 5.03. The molecule has 1 aliphatic rings. The topological polar surface area (TPSA) is 24.4 Å². The number of nitrogens with one attached hydrogen (secondary N) is 1. The van der Waals surface area contributed by atoms with Crippen LogP contribution in [0.1, 0.15) is 25.8 Å². The van der Waals surface area contributed by atoms with Crippen molar-refractivity contribution in [3.05, 3.63) is 28.8 Å². The maximum Gasteiger partial charge on any atom is 0.417 e. The number of aliphatic imine (C=N–C) groups is 1. The van der Waals surface area contributed by atoms with Crippen LogP contribution in [0.15, 0.2) is 23.2 Å². The van der Waals surface area contributed by atoms with Crippen molar-refractivity contribution in [1.82, 2.24) is 5.32 Å². The third-order valence-electron chi connectivity index (χ3n) is 3.53. The molecule has 1 aromatic carbocycles. The molecule has 0 aromatic heterocycles. The monoisotopic (exact) mass is 336 g/mol. The van der Waals surface area contributed by atoms with Gasteiger partial charge in [0.1, 0.15) is 0 Å². The predicted molar refractivity (Wildman–Crippen MR) is 82.4 cm³/mol. The summed E-state index contributed by atoms with van der Waals surface area (Å²) in [5.74, 6) is 1.38. The van der Waals surface area contributed by atoms with Crippen LogP contribution in [0.2, 0.25) is 5.02 Å². The molecule has 0 aliphatic carbocycles. The van der Waals surface area contributed by atoms with Crippen LogP contribution in [0.25, 0.3) is 0 Å². The number of thioether (sulfide) groups is 1. The maximum absolute atomic E-state index is 12.8. The van der Waals surface area contributed by atoms with Gasteiger partial charge in [-0.3, -0.25) is 0 Å². The Balaban J connectivity index is 2.19. The van der Waals surface area contributed by atoms with Crippen LogP contribution in [0.3, 0.4) is 0 Å². The maximum atomic E-state index is 12.8.